The molecule has 9 nitrogen and oxygen atoms in total. The van der Waals surface area contributed by atoms with Gasteiger partial charge in [0, 0.05) is 0 Å². The van der Waals surface area contributed by atoms with Crippen LogP contribution in [0.4, 0.5) is 5.69 Å². The highest BCUT2D eigenvalue weighted by atomic mass is 16.2. The van der Waals surface area contributed by atoms with Crippen LogP contribution in [0.15, 0.2) is 0 Å². The summed E-state index contributed by atoms with van der Waals surface area (Å²) in [7, 11) is 0. The molecular weight excluding hydrogens is 248 g/mol. The van der Waals surface area contributed by atoms with Gasteiger partial charge in [-0.2, -0.15) is 10.3 Å². The molecule has 102 valence electrons. The molecule has 5 N–H and O–H groups in total. The number of carbonyl (C=O) groups is 1. The molecule has 0 radical (unpaired) electrons. The number of nitrogens with zero attached hydrogens (tertiary/aromatic N) is 4. The van der Waals surface area contributed by atoms with Crippen LogP contribution in [0.2, 0.25) is 0 Å². The van der Waals surface area contributed by atoms with E-state index in [0.29, 0.717) is 11.5 Å². The van der Waals surface area contributed by atoms with Gasteiger partial charge in [-0.1, -0.05) is 18.6 Å². The van der Waals surface area contributed by atoms with Crippen molar-refractivity contribution >= 4 is 11.6 Å². The summed E-state index contributed by atoms with van der Waals surface area (Å²) in [6, 6.07) is -0.378. The largest absolute Gasteiger partial charge is 0.395 e. The quantitative estimate of drug-likeness (QED) is 0.597. The number of aromatic amines is 2. The van der Waals surface area contributed by atoms with Crippen molar-refractivity contribution < 1.29 is 4.79 Å². The van der Waals surface area contributed by atoms with Crippen LogP contribution in [0.5, 0.6) is 0 Å². The Balaban J connectivity index is 2.08. The zero-order valence-corrected chi connectivity index (χ0v) is 10.8. The number of anilines is 1. The summed E-state index contributed by atoms with van der Waals surface area (Å²) in [6.45, 7) is 3.77. The number of nitrogens with one attached hydrogen (secondary N) is 3. The number of rotatable bonds is 5. The molecule has 0 aliphatic heterocycles. The van der Waals surface area contributed by atoms with Crippen LogP contribution in [0, 0.1) is 0 Å². The Morgan fingerprint density at radius 2 is 2.26 bits per heavy atom. The molecule has 9 heteroatoms. The molecule has 19 heavy (non-hydrogen) atoms. The highest BCUT2D eigenvalue weighted by Crippen LogP contribution is 2.16. The van der Waals surface area contributed by atoms with Gasteiger partial charge in [0.25, 0.3) is 5.91 Å². The van der Waals surface area contributed by atoms with Crippen LogP contribution in [0.25, 0.3) is 0 Å². The molecule has 0 aliphatic carbocycles. The second kappa shape index (κ2) is 5.46. The van der Waals surface area contributed by atoms with Gasteiger partial charge in [0.1, 0.15) is 0 Å². The molecule has 0 aliphatic rings. The molecule has 2 rings (SSSR count). The van der Waals surface area contributed by atoms with E-state index in [1.165, 1.54) is 0 Å². The van der Waals surface area contributed by atoms with Crippen LogP contribution >= 0.6 is 0 Å². The average Bonchev–Trinajstić information content (AvgIpc) is 3.01. The highest BCUT2D eigenvalue weighted by Gasteiger charge is 2.20. The Bertz CT molecular complexity index is 546. The first-order valence-electron chi connectivity index (χ1n) is 6.00. The summed E-state index contributed by atoms with van der Waals surface area (Å²) in [5.41, 5.74) is 7.24. The number of hydrogen-bond donors (Lipinski definition) is 4. The lowest BCUT2D eigenvalue weighted by Crippen LogP contribution is -2.28. The van der Waals surface area contributed by atoms with Gasteiger partial charge >= 0.3 is 0 Å². The van der Waals surface area contributed by atoms with Crippen LogP contribution in [0.1, 0.15) is 48.3 Å². The number of tetrazole rings is 1. The molecule has 2 heterocycles. The first-order valence-corrected chi connectivity index (χ1v) is 6.00. The zero-order valence-electron chi connectivity index (χ0n) is 10.8. The predicted molar refractivity (Wildman–Crippen MR) is 67.1 cm³/mol. The fraction of sp³-hybridized carbons (Fsp3) is 0.500. The van der Waals surface area contributed by atoms with E-state index >= 15 is 0 Å². The van der Waals surface area contributed by atoms with E-state index in [1.54, 1.807) is 6.92 Å². The van der Waals surface area contributed by atoms with E-state index in [9.17, 15) is 4.79 Å². The highest BCUT2D eigenvalue weighted by molar-refractivity contribution is 5.97. The Morgan fingerprint density at radius 1 is 1.47 bits per heavy atom. The van der Waals surface area contributed by atoms with E-state index in [4.69, 9.17) is 5.73 Å². The lowest BCUT2D eigenvalue weighted by molar-refractivity contribution is 0.0934. The Kier molecular flexibility index (Phi) is 3.74. The van der Waals surface area contributed by atoms with Gasteiger partial charge in [-0.05, 0) is 13.3 Å². The molecule has 2 aromatic heterocycles. The molecule has 2 aromatic rings. The second-order valence-electron chi connectivity index (χ2n) is 4.18. The van der Waals surface area contributed by atoms with Crippen molar-refractivity contribution in [3.8, 4) is 0 Å². The molecular formula is C10H16N8O. The maximum absolute atomic E-state index is 12.0. The van der Waals surface area contributed by atoms with E-state index in [2.05, 4.69) is 36.1 Å². The summed E-state index contributed by atoms with van der Waals surface area (Å²) < 4.78 is 0. The number of amides is 1. The van der Waals surface area contributed by atoms with E-state index in [0.717, 1.165) is 18.5 Å². The maximum atomic E-state index is 12.0. The molecule has 1 amide bonds. The number of H-pyrrole nitrogens is 2. The van der Waals surface area contributed by atoms with Crippen LogP contribution in [-0.4, -0.2) is 36.7 Å². The number of aromatic nitrogens is 6. The summed E-state index contributed by atoms with van der Waals surface area (Å²) in [5, 5.41) is 22.8. The fourth-order valence-electron chi connectivity index (χ4n) is 1.68. The third-order valence-electron chi connectivity index (χ3n) is 2.69. The average molecular weight is 264 g/mol. The summed E-state index contributed by atoms with van der Waals surface area (Å²) >= 11 is 0. The molecule has 0 saturated carbocycles. The number of aryl methyl sites for hydroxylation is 1. The van der Waals surface area contributed by atoms with Crippen molar-refractivity contribution in [3.63, 3.8) is 0 Å². The molecule has 0 saturated heterocycles. The lowest BCUT2D eigenvalue weighted by Gasteiger charge is -2.08. The minimum absolute atomic E-state index is 0.193. The maximum Gasteiger partial charge on any atom is 0.274 e. The van der Waals surface area contributed by atoms with Gasteiger partial charge in [-0.15, -0.1) is 10.2 Å². The zero-order chi connectivity index (χ0) is 13.8. The molecule has 1 atom stereocenters. The summed E-state index contributed by atoms with van der Waals surface area (Å²) in [4.78, 5) is 12.0. The third kappa shape index (κ3) is 2.69. The molecule has 0 spiro atoms. The van der Waals surface area contributed by atoms with Gasteiger partial charge < -0.3 is 11.1 Å². The first kappa shape index (κ1) is 13.0. The number of nitrogens with two attached hydrogens (primary N) is 1. The van der Waals surface area contributed by atoms with Crippen molar-refractivity contribution in [2.24, 2.45) is 0 Å². The number of nitrogen functional groups attached to an aromatic ring is 1. The van der Waals surface area contributed by atoms with Crippen molar-refractivity contribution in [1.82, 2.24) is 36.1 Å². The second-order valence-corrected chi connectivity index (χ2v) is 4.18. The summed E-state index contributed by atoms with van der Waals surface area (Å²) in [5.74, 6) is 0.0321. The van der Waals surface area contributed by atoms with Gasteiger partial charge in [-0.3, -0.25) is 9.89 Å². The minimum atomic E-state index is -0.378. The van der Waals surface area contributed by atoms with E-state index in [-0.39, 0.29) is 17.6 Å². The third-order valence-corrected chi connectivity index (χ3v) is 2.69. The van der Waals surface area contributed by atoms with Gasteiger partial charge in [0.15, 0.2) is 11.5 Å². The van der Waals surface area contributed by atoms with E-state index in [1.807, 2.05) is 6.92 Å². The topological polar surface area (TPSA) is 138 Å². The predicted octanol–water partition coefficient (Wildman–Crippen LogP) is -0.0515. The normalized spacial score (nSPS) is 12.3. The van der Waals surface area contributed by atoms with Crippen LogP contribution in [0.3, 0.4) is 0 Å². The summed E-state index contributed by atoms with van der Waals surface area (Å²) in [6.07, 6.45) is 1.68. The number of carbonyl (C=O) groups excluding carboxylic acids is 1. The Hall–Kier alpha value is -2.45. The van der Waals surface area contributed by atoms with Crippen molar-refractivity contribution in [2.45, 2.75) is 32.7 Å². The molecule has 1 unspecified atom stereocenters. The molecule has 0 aromatic carbocycles. The van der Waals surface area contributed by atoms with Crippen LogP contribution in [-0.2, 0) is 6.42 Å². The van der Waals surface area contributed by atoms with Gasteiger partial charge in [0.2, 0.25) is 0 Å². The fourth-order valence-corrected chi connectivity index (χ4v) is 1.68. The Morgan fingerprint density at radius 3 is 2.89 bits per heavy atom. The minimum Gasteiger partial charge on any atom is -0.395 e. The standard InChI is InChI=1S/C10H16N8O/c1-3-4-6-7(11)8(14-13-6)10(19)12-5(2)9-15-17-18-16-9/h5H,3-4,11H2,1-2H3,(H,12,19)(H,13,14)(H,15,16,17,18). The van der Waals surface area contributed by atoms with Crippen LogP contribution < -0.4 is 11.1 Å². The van der Waals surface area contributed by atoms with Crippen molar-refractivity contribution in [1.29, 1.82) is 0 Å². The molecule has 0 bridgehead atoms. The van der Waals surface area contributed by atoms with Gasteiger partial charge in [-0.25, -0.2) is 0 Å². The monoisotopic (exact) mass is 264 g/mol. The lowest BCUT2D eigenvalue weighted by atomic mass is 10.2. The van der Waals surface area contributed by atoms with Gasteiger partial charge in [0.05, 0.1) is 17.4 Å². The first-order chi connectivity index (χ1) is 9.13. The van der Waals surface area contributed by atoms with Crippen molar-refractivity contribution in [2.75, 3.05) is 5.73 Å². The smallest absolute Gasteiger partial charge is 0.274 e. The van der Waals surface area contributed by atoms with Crippen molar-refractivity contribution in [3.05, 3.63) is 17.2 Å². The van der Waals surface area contributed by atoms with E-state index < -0.39 is 0 Å². The number of hydrogen-bond acceptors (Lipinski definition) is 6. The SMILES string of the molecule is CCCc1[nH]nc(C(=O)NC(C)c2nn[nH]n2)c1N. The molecule has 0 fully saturated rings. The Labute approximate surface area is 109 Å².